The molecule has 0 spiro atoms. The van der Waals surface area contributed by atoms with Gasteiger partial charge in [-0.2, -0.15) is 0 Å². The summed E-state index contributed by atoms with van der Waals surface area (Å²) in [7, 11) is 0. The highest BCUT2D eigenvalue weighted by molar-refractivity contribution is 9.11. The molecule has 2 heterocycles. The summed E-state index contributed by atoms with van der Waals surface area (Å²) in [5, 5.41) is 9.48. The smallest absolute Gasteiger partial charge is 0.264 e. The first-order chi connectivity index (χ1) is 6.48. The van der Waals surface area contributed by atoms with Gasteiger partial charge < -0.3 is 10.0 Å². The van der Waals surface area contributed by atoms with E-state index in [1.807, 2.05) is 6.07 Å². The number of amides is 1. The van der Waals surface area contributed by atoms with Crippen molar-refractivity contribution in [3.05, 3.63) is 20.8 Å². The molecule has 1 aromatic rings. The molecule has 0 saturated carbocycles. The molecule has 0 aliphatic carbocycles. The first-order valence-corrected chi connectivity index (χ1v) is 5.86. The quantitative estimate of drug-likeness (QED) is 0.848. The van der Waals surface area contributed by atoms with E-state index in [1.54, 1.807) is 17.9 Å². The summed E-state index contributed by atoms with van der Waals surface area (Å²) >= 11 is 4.73. The van der Waals surface area contributed by atoms with E-state index in [0.29, 0.717) is 18.0 Å². The van der Waals surface area contributed by atoms with Gasteiger partial charge in [-0.05, 0) is 35.0 Å². The summed E-state index contributed by atoms with van der Waals surface area (Å²) in [4.78, 5) is 14.1. The number of β-amino-alcohol motifs (C(OH)–C–C–N with tert-alkyl or cyclic N) is 1. The van der Waals surface area contributed by atoms with Gasteiger partial charge in [-0.3, -0.25) is 4.79 Å². The Morgan fingerprint density at radius 3 is 2.71 bits per heavy atom. The number of hydrogen-bond donors (Lipinski definition) is 1. The van der Waals surface area contributed by atoms with Crippen LogP contribution in [0.3, 0.4) is 0 Å². The summed E-state index contributed by atoms with van der Waals surface area (Å²) < 4.78 is 0.952. The van der Waals surface area contributed by atoms with E-state index in [-0.39, 0.29) is 5.91 Å². The largest absolute Gasteiger partial charge is 0.386 e. The maximum absolute atomic E-state index is 11.7. The Labute approximate surface area is 94.5 Å². The standard InChI is InChI=1S/C9H10BrNO2S/c1-9(13)4-11(5-9)8(12)6-2-3-7(10)14-6/h2-3,13H,4-5H2,1H3. The van der Waals surface area contributed by atoms with Crippen LogP contribution in [0.5, 0.6) is 0 Å². The van der Waals surface area contributed by atoms with Gasteiger partial charge in [0.05, 0.1) is 27.4 Å². The molecule has 2 rings (SSSR count). The number of rotatable bonds is 1. The van der Waals surface area contributed by atoms with Crippen LogP contribution in [-0.4, -0.2) is 34.6 Å². The molecule has 0 aromatic carbocycles. The number of likely N-dealkylation sites (tertiary alicyclic amines) is 1. The second-order valence-corrected chi connectivity index (χ2v) is 6.22. The lowest BCUT2D eigenvalue weighted by Gasteiger charge is -2.43. The van der Waals surface area contributed by atoms with E-state index in [9.17, 15) is 9.90 Å². The van der Waals surface area contributed by atoms with Crippen LogP contribution in [0.2, 0.25) is 0 Å². The fraction of sp³-hybridized carbons (Fsp3) is 0.444. The molecular formula is C9H10BrNO2S. The maximum Gasteiger partial charge on any atom is 0.264 e. The first-order valence-electron chi connectivity index (χ1n) is 4.25. The minimum atomic E-state index is -0.690. The summed E-state index contributed by atoms with van der Waals surface area (Å²) in [5.41, 5.74) is -0.690. The number of carbonyl (C=O) groups excluding carboxylic acids is 1. The minimum absolute atomic E-state index is 0.00669. The van der Waals surface area contributed by atoms with Gasteiger partial charge in [-0.15, -0.1) is 11.3 Å². The summed E-state index contributed by atoms with van der Waals surface area (Å²) in [6.07, 6.45) is 0. The Hall–Kier alpha value is -0.390. The molecule has 1 aliphatic rings. The van der Waals surface area contributed by atoms with Gasteiger partial charge in [0, 0.05) is 0 Å². The number of nitrogens with zero attached hydrogens (tertiary/aromatic N) is 1. The molecule has 14 heavy (non-hydrogen) atoms. The number of hydrogen-bond acceptors (Lipinski definition) is 3. The predicted molar refractivity (Wildman–Crippen MR) is 58.5 cm³/mol. The second kappa shape index (κ2) is 3.32. The Balaban J connectivity index is 2.04. The molecular weight excluding hydrogens is 266 g/mol. The van der Waals surface area contributed by atoms with E-state index < -0.39 is 5.60 Å². The number of halogens is 1. The zero-order valence-electron chi connectivity index (χ0n) is 7.66. The molecule has 3 nitrogen and oxygen atoms in total. The van der Waals surface area contributed by atoms with Crippen LogP contribution in [0.1, 0.15) is 16.6 Å². The molecule has 5 heteroatoms. The Bertz CT molecular complexity index is 367. The normalized spacial score (nSPS) is 19.2. The van der Waals surface area contributed by atoms with Crippen molar-refractivity contribution in [2.24, 2.45) is 0 Å². The summed E-state index contributed by atoms with van der Waals surface area (Å²) in [6.45, 7) is 2.60. The van der Waals surface area contributed by atoms with E-state index in [1.165, 1.54) is 11.3 Å². The topological polar surface area (TPSA) is 40.5 Å². The van der Waals surface area contributed by atoms with Crippen LogP contribution in [-0.2, 0) is 0 Å². The average molecular weight is 276 g/mol. The number of aliphatic hydroxyl groups is 1. The Morgan fingerprint density at radius 1 is 1.64 bits per heavy atom. The number of carbonyl (C=O) groups is 1. The molecule has 1 amide bonds. The van der Waals surface area contributed by atoms with Crippen LogP contribution in [0.15, 0.2) is 15.9 Å². The fourth-order valence-electron chi connectivity index (χ4n) is 1.50. The van der Waals surface area contributed by atoms with Crippen LogP contribution in [0.25, 0.3) is 0 Å². The molecule has 76 valence electrons. The van der Waals surface area contributed by atoms with Gasteiger partial charge in [0.2, 0.25) is 0 Å². The third-order valence-electron chi connectivity index (χ3n) is 2.13. The highest BCUT2D eigenvalue weighted by atomic mass is 79.9. The van der Waals surface area contributed by atoms with Crippen LogP contribution >= 0.6 is 27.3 Å². The lowest BCUT2D eigenvalue weighted by Crippen LogP contribution is -2.61. The molecule has 0 radical (unpaired) electrons. The maximum atomic E-state index is 11.7. The highest BCUT2D eigenvalue weighted by Gasteiger charge is 2.39. The van der Waals surface area contributed by atoms with Crippen molar-refractivity contribution in [2.45, 2.75) is 12.5 Å². The van der Waals surface area contributed by atoms with Crippen molar-refractivity contribution in [3.63, 3.8) is 0 Å². The van der Waals surface area contributed by atoms with Gasteiger partial charge in [-0.1, -0.05) is 0 Å². The monoisotopic (exact) mass is 275 g/mol. The second-order valence-electron chi connectivity index (χ2n) is 3.76. The number of thiophene rings is 1. The van der Waals surface area contributed by atoms with E-state index in [4.69, 9.17) is 0 Å². The van der Waals surface area contributed by atoms with Crippen molar-refractivity contribution in [2.75, 3.05) is 13.1 Å². The third-order valence-corrected chi connectivity index (χ3v) is 3.75. The molecule has 1 saturated heterocycles. The van der Waals surface area contributed by atoms with Gasteiger partial charge in [0.25, 0.3) is 5.91 Å². The third kappa shape index (κ3) is 1.85. The molecule has 0 bridgehead atoms. The van der Waals surface area contributed by atoms with E-state index in [2.05, 4.69) is 15.9 Å². The van der Waals surface area contributed by atoms with Crippen LogP contribution < -0.4 is 0 Å². The molecule has 1 aromatic heterocycles. The van der Waals surface area contributed by atoms with Gasteiger partial charge in [0.1, 0.15) is 0 Å². The van der Waals surface area contributed by atoms with Crippen molar-refractivity contribution in [1.82, 2.24) is 4.90 Å². The van der Waals surface area contributed by atoms with Crippen molar-refractivity contribution in [3.8, 4) is 0 Å². The molecule has 1 aliphatic heterocycles. The van der Waals surface area contributed by atoms with Crippen LogP contribution in [0.4, 0.5) is 0 Å². The lowest BCUT2D eigenvalue weighted by molar-refractivity contribution is -0.0667. The minimum Gasteiger partial charge on any atom is -0.386 e. The lowest BCUT2D eigenvalue weighted by atomic mass is 9.97. The SMILES string of the molecule is CC1(O)CN(C(=O)c2ccc(Br)s2)C1. The van der Waals surface area contributed by atoms with Crippen LogP contribution in [0, 0.1) is 0 Å². The summed E-state index contributed by atoms with van der Waals surface area (Å²) in [5.74, 6) is 0.00669. The Kier molecular flexibility index (Phi) is 2.41. The van der Waals surface area contributed by atoms with Gasteiger partial charge >= 0.3 is 0 Å². The highest BCUT2D eigenvalue weighted by Crippen LogP contribution is 2.27. The zero-order chi connectivity index (χ0) is 10.3. The van der Waals surface area contributed by atoms with E-state index >= 15 is 0 Å². The summed E-state index contributed by atoms with van der Waals surface area (Å²) in [6, 6.07) is 3.65. The first kappa shape index (κ1) is 10.1. The average Bonchev–Trinajstić information content (AvgIpc) is 2.46. The van der Waals surface area contributed by atoms with E-state index in [0.717, 1.165) is 3.79 Å². The fourth-order valence-corrected chi connectivity index (χ4v) is 2.86. The Morgan fingerprint density at radius 2 is 2.29 bits per heavy atom. The molecule has 0 unspecified atom stereocenters. The van der Waals surface area contributed by atoms with Crippen molar-refractivity contribution < 1.29 is 9.90 Å². The van der Waals surface area contributed by atoms with Crippen molar-refractivity contribution >= 4 is 33.2 Å². The van der Waals surface area contributed by atoms with Crippen molar-refractivity contribution in [1.29, 1.82) is 0 Å². The van der Waals surface area contributed by atoms with Gasteiger partial charge in [0.15, 0.2) is 0 Å². The molecule has 0 atom stereocenters. The predicted octanol–water partition coefficient (Wildman–Crippen LogP) is 1.72. The molecule has 1 fully saturated rings. The zero-order valence-corrected chi connectivity index (χ0v) is 10.1. The molecule has 1 N–H and O–H groups in total. The van der Waals surface area contributed by atoms with Gasteiger partial charge in [-0.25, -0.2) is 0 Å².